The van der Waals surface area contributed by atoms with E-state index in [1.807, 2.05) is 43.3 Å². The molecule has 54 heavy (non-hydrogen) atoms. The van der Waals surface area contributed by atoms with Gasteiger partial charge in [0.2, 0.25) is 0 Å². The molecule has 5 heteroatoms. The van der Waals surface area contributed by atoms with E-state index in [0.717, 1.165) is 66.7 Å². The number of nitrogens with zero attached hydrogens (tertiary/aromatic N) is 2. The first-order chi connectivity index (χ1) is 25.7. The van der Waals surface area contributed by atoms with Crippen molar-refractivity contribution in [1.82, 2.24) is 9.97 Å². The molecule has 0 amide bonds. The molecule has 0 aliphatic rings. The molecule has 1 N–H and O–H groups in total. The van der Waals surface area contributed by atoms with Gasteiger partial charge in [-0.25, -0.2) is 9.37 Å². The lowest BCUT2D eigenvalue weighted by atomic mass is 9.79. The van der Waals surface area contributed by atoms with E-state index in [-0.39, 0.29) is 10.8 Å². The van der Waals surface area contributed by atoms with Crippen LogP contribution >= 0.6 is 0 Å². The summed E-state index contributed by atoms with van der Waals surface area (Å²) < 4.78 is 21.2. The highest BCUT2D eigenvalue weighted by Crippen LogP contribution is 2.40. The van der Waals surface area contributed by atoms with Crippen LogP contribution in [-0.2, 0) is 10.8 Å². The second kappa shape index (κ2) is 13.1. The molecule has 0 saturated carbocycles. The second-order valence-corrected chi connectivity index (χ2v) is 16.3. The maximum atomic E-state index is 14.8. The van der Waals surface area contributed by atoms with Crippen LogP contribution < -0.4 is 0 Å². The fourth-order valence-electron chi connectivity index (χ4n) is 7.15. The van der Waals surface area contributed by atoms with Gasteiger partial charge in [0.05, 0.1) is 17.1 Å². The Labute approximate surface area is 316 Å². The van der Waals surface area contributed by atoms with Crippen LogP contribution in [0.1, 0.15) is 58.4 Å². The Morgan fingerprint density at radius 3 is 1.81 bits per heavy atom. The lowest BCUT2D eigenvalue weighted by Gasteiger charge is -2.26. The van der Waals surface area contributed by atoms with Gasteiger partial charge < -0.3 is 9.52 Å². The topological polar surface area (TPSA) is 59.2 Å². The number of aryl methyl sites for hydroxylation is 1. The highest BCUT2D eigenvalue weighted by Gasteiger charge is 2.22. The molecule has 0 radical (unpaired) electrons. The lowest BCUT2D eigenvalue weighted by molar-refractivity contribution is 0.434. The average Bonchev–Trinajstić information content (AvgIpc) is 3.54. The first-order valence-electron chi connectivity index (χ1n) is 18.4. The van der Waals surface area contributed by atoms with E-state index < -0.39 is 11.6 Å². The number of hydrogen-bond donors (Lipinski definition) is 1. The van der Waals surface area contributed by atoms with Crippen molar-refractivity contribution in [2.75, 3.05) is 0 Å². The Morgan fingerprint density at radius 1 is 0.519 bits per heavy atom. The van der Waals surface area contributed by atoms with Gasteiger partial charge in [0.25, 0.3) is 0 Å². The summed E-state index contributed by atoms with van der Waals surface area (Å²) in [5.74, 6) is -1.11. The van der Waals surface area contributed by atoms with Gasteiger partial charge in [-0.05, 0) is 94.1 Å². The van der Waals surface area contributed by atoms with Gasteiger partial charge in [0.1, 0.15) is 11.2 Å². The molecule has 0 atom stereocenters. The molecule has 4 nitrogen and oxygen atoms in total. The number of benzene rings is 5. The van der Waals surface area contributed by atoms with Crippen molar-refractivity contribution in [3.05, 3.63) is 150 Å². The van der Waals surface area contributed by atoms with E-state index in [0.29, 0.717) is 17.0 Å². The summed E-state index contributed by atoms with van der Waals surface area (Å²) in [5.41, 5.74) is 13.0. The maximum absolute atomic E-state index is 14.8. The van der Waals surface area contributed by atoms with Crippen LogP contribution in [0.15, 0.2) is 132 Å². The Morgan fingerprint density at radius 2 is 1.09 bits per heavy atom. The number of phenols is 1. The van der Waals surface area contributed by atoms with Crippen LogP contribution in [0.5, 0.6) is 5.75 Å². The number of aromatic hydroxyl groups is 1. The van der Waals surface area contributed by atoms with Gasteiger partial charge in [-0.2, -0.15) is 0 Å². The van der Waals surface area contributed by atoms with Crippen molar-refractivity contribution in [1.29, 1.82) is 0 Å². The van der Waals surface area contributed by atoms with Crippen LogP contribution in [-0.4, -0.2) is 15.1 Å². The summed E-state index contributed by atoms with van der Waals surface area (Å²) in [7, 11) is 0. The fourth-order valence-corrected chi connectivity index (χ4v) is 7.15. The minimum Gasteiger partial charge on any atom is -0.504 e. The molecule has 0 saturated heterocycles. The summed E-state index contributed by atoms with van der Waals surface area (Å²) in [6, 6.07) is 42.2. The molecule has 3 heterocycles. The summed E-state index contributed by atoms with van der Waals surface area (Å²) >= 11 is 0. The van der Waals surface area contributed by atoms with E-state index >= 15 is 0 Å². The highest BCUT2D eigenvalue weighted by molar-refractivity contribution is 6.09. The summed E-state index contributed by atoms with van der Waals surface area (Å²) in [4.78, 5) is 10.0. The molecular formula is C49H43FN2O2. The highest BCUT2D eigenvalue weighted by atomic mass is 19.1. The quantitative estimate of drug-likeness (QED) is 0.193. The number of furan rings is 1. The molecule has 268 valence electrons. The number of aromatic nitrogens is 2. The predicted molar refractivity (Wildman–Crippen MR) is 220 cm³/mol. The van der Waals surface area contributed by atoms with Crippen LogP contribution in [0.25, 0.3) is 78.0 Å². The summed E-state index contributed by atoms with van der Waals surface area (Å²) in [5, 5.41) is 13.1. The first-order valence-corrected chi connectivity index (χ1v) is 18.4. The minimum atomic E-state index is -0.687. The monoisotopic (exact) mass is 710 g/mol. The van der Waals surface area contributed by atoms with Crippen molar-refractivity contribution in [3.63, 3.8) is 0 Å². The Balaban J connectivity index is 1.28. The molecule has 0 bridgehead atoms. The Hall–Kier alpha value is -6.07. The molecule has 0 aliphatic carbocycles. The van der Waals surface area contributed by atoms with E-state index in [2.05, 4.69) is 114 Å². The zero-order valence-electron chi connectivity index (χ0n) is 31.8. The van der Waals surface area contributed by atoms with Crippen LogP contribution in [0.3, 0.4) is 0 Å². The standard InChI is InChI=1S/C49H43FN2O2/c1-29-21-34(37-16-11-17-39-38-15-8-9-20-45(38)54-47(37)39)27-42(51-29)30-13-10-14-31(22-30)43-25-33(26-44(52-43)40-18-12-19-41(50)46(40)53)32-23-35(48(2,3)4)28-36(24-32)49(5,6)7/h8-28,53H,1-7H3. The third-order valence-electron chi connectivity index (χ3n) is 10.2. The average molecular weight is 711 g/mol. The lowest BCUT2D eigenvalue weighted by Crippen LogP contribution is -2.16. The summed E-state index contributed by atoms with van der Waals surface area (Å²) in [6.45, 7) is 15.3. The van der Waals surface area contributed by atoms with Gasteiger partial charge in [-0.15, -0.1) is 0 Å². The number of phenolic OH excluding ortho intramolecular Hbond substituents is 1. The van der Waals surface area contributed by atoms with Crippen molar-refractivity contribution in [2.24, 2.45) is 0 Å². The molecule has 0 spiro atoms. The van der Waals surface area contributed by atoms with Crippen molar-refractivity contribution >= 4 is 21.9 Å². The molecule has 3 aromatic heterocycles. The van der Waals surface area contributed by atoms with Gasteiger partial charge in [-0.3, -0.25) is 4.98 Å². The largest absolute Gasteiger partial charge is 0.504 e. The Bertz CT molecular complexity index is 2700. The van der Waals surface area contributed by atoms with E-state index in [4.69, 9.17) is 14.4 Å². The Kier molecular flexibility index (Phi) is 8.49. The van der Waals surface area contributed by atoms with Crippen LogP contribution in [0, 0.1) is 12.7 Å². The molecule has 8 aromatic rings. The molecule has 8 rings (SSSR count). The smallest absolute Gasteiger partial charge is 0.165 e. The number of para-hydroxylation sites is 3. The molecule has 5 aromatic carbocycles. The van der Waals surface area contributed by atoms with Gasteiger partial charge in [0.15, 0.2) is 11.6 Å². The minimum absolute atomic E-state index is 0.0839. The van der Waals surface area contributed by atoms with Gasteiger partial charge in [-0.1, -0.05) is 120 Å². The van der Waals surface area contributed by atoms with E-state index in [9.17, 15) is 9.50 Å². The van der Waals surface area contributed by atoms with Gasteiger partial charge >= 0.3 is 0 Å². The maximum Gasteiger partial charge on any atom is 0.165 e. The second-order valence-electron chi connectivity index (χ2n) is 16.3. The molecule has 0 aliphatic heterocycles. The third-order valence-corrected chi connectivity index (χ3v) is 10.2. The van der Waals surface area contributed by atoms with Crippen LogP contribution in [0.2, 0.25) is 0 Å². The fraction of sp³-hybridized carbons (Fsp3) is 0.184. The zero-order valence-corrected chi connectivity index (χ0v) is 31.8. The number of hydrogen-bond acceptors (Lipinski definition) is 4. The molecular weight excluding hydrogens is 668 g/mol. The van der Waals surface area contributed by atoms with E-state index in [1.165, 1.54) is 17.2 Å². The van der Waals surface area contributed by atoms with Crippen LogP contribution in [0.4, 0.5) is 4.39 Å². The first kappa shape index (κ1) is 35.0. The number of pyridine rings is 2. The predicted octanol–water partition coefficient (Wildman–Crippen LogP) is 13.5. The number of fused-ring (bicyclic) bond motifs is 3. The number of rotatable bonds is 5. The summed E-state index contributed by atoms with van der Waals surface area (Å²) in [6.07, 6.45) is 0. The molecule has 0 unspecified atom stereocenters. The van der Waals surface area contributed by atoms with E-state index in [1.54, 1.807) is 12.1 Å². The van der Waals surface area contributed by atoms with Gasteiger partial charge in [0, 0.05) is 38.7 Å². The SMILES string of the molecule is Cc1cc(-c2cccc3c2oc2ccccc23)cc(-c2cccc(-c3cc(-c4cc(C(C)(C)C)cc(C(C)(C)C)c4)cc(-c4cccc(F)c4O)n3)c2)n1. The third kappa shape index (κ3) is 6.56. The normalized spacial score (nSPS) is 12.1. The van der Waals surface area contributed by atoms with Crippen molar-refractivity contribution in [2.45, 2.75) is 59.3 Å². The number of halogens is 1. The van der Waals surface area contributed by atoms with Crippen molar-refractivity contribution in [3.8, 4) is 61.8 Å². The zero-order chi connectivity index (χ0) is 37.9. The molecule has 0 fully saturated rings. The van der Waals surface area contributed by atoms with Crippen molar-refractivity contribution < 1.29 is 13.9 Å².